The standard InChI is InChI=1S/C18H20N4O2S2/c1-11(2)22(14-8-6-5-7-9-14)15(23)10-25-18-21-20-17(24-18)16-12(3)19-13(4)26-16/h5-9,11H,10H2,1-4H3. The molecule has 0 aliphatic carbocycles. The maximum Gasteiger partial charge on any atom is 0.277 e. The Kier molecular flexibility index (Phi) is 5.73. The summed E-state index contributed by atoms with van der Waals surface area (Å²) in [5.41, 5.74) is 1.76. The summed E-state index contributed by atoms with van der Waals surface area (Å²) in [6.45, 7) is 7.85. The molecule has 0 fully saturated rings. The van der Waals surface area contributed by atoms with Crippen molar-refractivity contribution in [1.82, 2.24) is 15.2 Å². The summed E-state index contributed by atoms with van der Waals surface area (Å²) in [7, 11) is 0. The van der Waals surface area contributed by atoms with Crippen LogP contribution in [0.3, 0.4) is 0 Å². The second kappa shape index (κ2) is 8.01. The van der Waals surface area contributed by atoms with Gasteiger partial charge in [0.1, 0.15) is 4.88 Å². The Morgan fingerprint density at radius 2 is 1.96 bits per heavy atom. The zero-order valence-corrected chi connectivity index (χ0v) is 16.7. The van der Waals surface area contributed by atoms with E-state index in [2.05, 4.69) is 15.2 Å². The fraction of sp³-hybridized carbons (Fsp3) is 0.333. The molecule has 0 saturated heterocycles. The minimum absolute atomic E-state index is 0.000709. The number of hydrogen-bond acceptors (Lipinski definition) is 7. The van der Waals surface area contributed by atoms with Crippen molar-refractivity contribution in [3.8, 4) is 10.8 Å². The molecule has 0 atom stereocenters. The molecule has 136 valence electrons. The maximum atomic E-state index is 12.7. The summed E-state index contributed by atoms with van der Waals surface area (Å²) in [6.07, 6.45) is 0. The Hall–Kier alpha value is -2.19. The van der Waals surface area contributed by atoms with Crippen molar-refractivity contribution in [1.29, 1.82) is 0 Å². The highest BCUT2D eigenvalue weighted by Gasteiger charge is 2.21. The lowest BCUT2D eigenvalue weighted by molar-refractivity contribution is -0.116. The summed E-state index contributed by atoms with van der Waals surface area (Å²) in [5, 5.41) is 9.47. The van der Waals surface area contributed by atoms with Gasteiger partial charge < -0.3 is 9.32 Å². The molecule has 2 heterocycles. The van der Waals surface area contributed by atoms with Gasteiger partial charge in [-0.2, -0.15) is 0 Å². The lowest BCUT2D eigenvalue weighted by Gasteiger charge is -2.26. The second-order valence-corrected chi connectivity index (χ2v) is 8.13. The highest BCUT2D eigenvalue weighted by Crippen LogP contribution is 2.30. The molecule has 0 radical (unpaired) electrons. The summed E-state index contributed by atoms with van der Waals surface area (Å²) in [6, 6.07) is 9.71. The number of hydrogen-bond donors (Lipinski definition) is 0. The van der Waals surface area contributed by atoms with Crippen LogP contribution in [-0.4, -0.2) is 32.9 Å². The van der Waals surface area contributed by atoms with Crippen LogP contribution in [0.2, 0.25) is 0 Å². The first-order valence-corrected chi connectivity index (χ1v) is 10.0. The molecule has 0 spiro atoms. The first kappa shape index (κ1) is 18.6. The molecular formula is C18H20N4O2S2. The van der Waals surface area contributed by atoms with E-state index < -0.39 is 0 Å². The molecule has 0 unspecified atom stereocenters. The van der Waals surface area contributed by atoms with Crippen LogP contribution in [-0.2, 0) is 4.79 Å². The van der Waals surface area contributed by atoms with Crippen molar-refractivity contribution in [3.63, 3.8) is 0 Å². The molecule has 0 aliphatic rings. The molecule has 0 saturated carbocycles. The smallest absolute Gasteiger partial charge is 0.277 e. The van der Waals surface area contributed by atoms with Gasteiger partial charge in [0.25, 0.3) is 11.1 Å². The topological polar surface area (TPSA) is 72.1 Å². The lowest BCUT2D eigenvalue weighted by atomic mass is 10.2. The van der Waals surface area contributed by atoms with E-state index in [0.29, 0.717) is 11.1 Å². The number of carbonyl (C=O) groups is 1. The Labute approximate surface area is 160 Å². The zero-order valence-electron chi connectivity index (χ0n) is 15.1. The second-order valence-electron chi connectivity index (χ2n) is 6.00. The van der Waals surface area contributed by atoms with Gasteiger partial charge in [-0.15, -0.1) is 21.5 Å². The van der Waals surface area contributed by atoms with Gasteiger partial charge in [0.15, 0.2) is 0 Å². The number of aromatic nitrogens is 3. The number of thioether (sulfide) groups is 1. The maximum absolute atomic E-state index is 12.7. The van der Waals surface area contributed by atoms with Gasteiger partial charge in [-0.3, -0.25) is 4.79 Å². The molecule has 0 aliphatic heterocycles. The molecule has 26 heavy (non-hydrogen) atoms. The van der Waals surface area contributed by atoms with Crippen LogP contribution >= 0.6 is 23.1 Å². The van der Waals surface area contributed by atoms with Gasteiger partial charge in [-0.25, -0.2) is 4.98 Å². The molecule has 6 nitrogen and oxygen atoms in total. The fourth-order valence-electron chi connectivity index (χ4n) is 2.60. The number of rotatable bonds is 6. The van der Waals surface area contributed by atoms with Crippen molar-refractivity contribution in [3.05, 3.63) is 41.0 Å². The summed E-state index contributed by atoms with van der Waals surface area (Å²) in [5.74, 6) is 0.683. The number of amides is 1. The number of carbonyl (C=O) groups excluding carboxylic acids is 1. The molecule has 1 aromatic carbocycles. The van der Waals surface area contributed by atoms with Gasteiger partial charge in [0.05, 0.1) is 16.5 Å². The lowest BCUT2D eigenvalue weighted by Crippen LogP contribution is -2.38. The number of thiazole rings is 1. The summed E-state index contributed by atoms with van der Waals surface area (Å²) in [4.78, 5) is 19.7. The van der Waals surface area contributed by atoms with Gasteiger partial charge in [-0.05, 0) is 39.8 Å². The van der Waals surface area contributed by atoms with Crippen molar-refractivity contribution < 1.29 is 9.21 Å². The molecule has 0 N–H and O–H groups in total. The number of benzene rings is 1. The molecule has 1 amide bonds. The molecule has 2 aromatic heterocycles. The number of para-hydroxylation sites is 1. The molecular weight excluding hydrogens is 368 g/mol. The minimum atomic E-state index is 0.000709. The largest absolute Gasteiger partial charge is 0.410 e. The molecule has 0 bridgehead atoms. The van der Waals surface area contributed by atoms with Crippen LogP contribution in [0, 0.1) is 13.8 Å². The van der Waals surface area contributed by atoms with E-state index in [1.807, 2.05) is 58.0 Å². The van der Waals surface area contributed by atoms with E-state index in [0.717, 1.165) is 21.3 Å². The summed E-state index contributed by atoms with van der Waals surface area (Å²) < 4.78 is 5.70. The first-order valence-electron chi connectivity index (χ1n) is 8.23. The SMILES string of the molecule is Cc1nc(C)c(-c2nnc(SCC(=O)N(c3ccccc3)C(C)C)o2)s1. The van der Waals surface area contributed by atoms with Gasteiger partial charge in [-0.1, -0.05) is 30.0 Å². The van der Waals surface area contributed by atoms with Gasteiger partial charge in [0.2, 0.25) is 5.91 Å². The van der Waals surface area contributed by atoms with E-state index in [-0.39, 0.29) is 17.7 Å². The zero-order chi connectivity index (χ0) is 18.7. The summed E-state index contributed by atoms with van der Waals surface area (Å²) >= 11 is 2.77. The quantitative estimate of drug-likeness (QED) is 0.585. The molecule has 8 heteroatoms. The van der Waals surface area contributed by atoms with Crippen LogP contribution in [0.25, 0.3) is 10.8 Å². The Morgan fingerprint density at radius 3 is 2.58 bits per heavy atom. The van der Waals surface area contributed by atoms with Crippen LogP contribution in [0.1, 0.15) is 24.5 Å². The predicted octanol–water partition coefficient (Wildman–Crippen LogP) is 4.34. The Morgan fingerprint density at radius 1 is 1.23 bits per heavy atom. The number of nitrogens with zero attached hydrogens (tertiary/aromatic N) is 4. The van der Waals surface area contributed by atoms with Gasteiger partial charge >= 0.3 is 0 Å². The average Bonchev–Trinajstić information content (AvgIpc) is 3.19. The van der Waals surface area contributed by atoms with E-state index in [1.165, 1.54) is 23.1 Å². The van der Waals surface area contributed by atoms with E-state index in [1.54, 1.807) is 4.90 Å². The van der Waals surface area contributed by atoms with Crippen LogP contribution in [0.4, 0.5) is 5.69 Å². The Bertz CT molecular complexity index is 890. The third-order valence-corrected chi connectivity index (χ3v) is 5.51. The molecule has 3 rings (SSSR count). The fourth-order valence-corrected chi connectivity index (χ4v) is 4.06. The van der Waals surface area contributed by atoms with Crippen LogP contribution < -0.4 is 4.90 Å². The molecule has 3 aromatic rings. The van der Waals surface area contributed by atoms with Crippen LogP contribution in [0.15, 0.2) is 40.0 Å². The van der Waals surface area contributed by atoms with Gasteiger partial charge in [0, 0.05) is 11.7 Å². The van der Waals surface area contributed by atoms with Crippen molar-refractivity contribution in [2.75, 3.05) is 10.7 Å². The number of aryl methyl sites for hydroxylation is 2. The third kappa shape index (κ3) is 4.13. The average molecular weight is 389 g/mol. The van der Waals surface area contributed by atoms with E-state index in [4.69, 9.17) is 4.42 Å². The highest BCUT2D eigenvalue weighted by molar-refractivity contribution is 7.99. The van der Waals surface area contributed by atoms with E-state index in [9.17, 15) is 4.79 Å². The number of anilines is 1. The van der Waals surface area contributed by atoms with E-state index >= 15 is 0 Å². The van der Waals surface area contributed by atoms with Crippen molar-refractivity contribution in [2.45, 2.75) is 39.0 Å². The Balaban J connectivity index is 1.68. The minimum Gasteiger partial charge on any atom is -0.410 e. The normalized spacial score (nSPS) is 11.1. The highest BCUT2D eigenvalue weighted by atomic mass is 32.2. The monoisotopic (exact) mass is 388 g/mol. The third-order valence-electron chi connectivity index (χ3n) is 3.64. The predicted molar refractivity (Wildman–Crippen MR) is 105 cm³/mol. The first-order chi connectivity index (χ1) is 12.5. The van der Waals surface area contributed by atoms with Crippen LogP contribution in [0.5, 0.6) is 0 Å². The van der Waals surface area contributed by atoms with Crippen molar-refractivity contribution >= 4 is 34.7 Å². The van der Waals surface area contributed by atoms with Crippen molar-refractivity contribution in [2.24, 2.45) is 0 Å².